The molecule has 0 atom stereocenters. The number of hydrogen-bond donors (Lipinski definition) is 0. The zero-order chi connectivity index (χ0) is 25.1. The molecule has 0 spiro atoms. The van der Waals surface area contributed by atoms with E-state index in [-0.39, 0.29) is 22.4 Å². The molecule has 6 nitrogen and oxygen atoms in total. The van der Waals surface area contributed by atoms with Gasteiger partial charge in [0.2, 0.25) is 0 Å². The minimum Gasteiger partial charge on any atom is -0.385 e. The largest absolute Gasteiger partial charge is 0.385 e. The van der Waals surface area contributed by atoms with Crippen molar-refractivity contribution in [2.45, 2.75) is 32.0 Å². The summed E-state index contributed by atoms with van der Waals surface area (Å²) in [5.74, 6) is -1.78. The van der Waals surface area contributed by atoms with E-state index >= 15 is 0 Å². The van der Waals surface area contributed by atoms with Gasteiger partial charge in [-0.1, -0.05) is 23.9 Å². The zero-order valence-electron chi connectivity index (χ0n) is 19.7. The maximum atomic E-state index is 14.7. The van der Waals surface area contributed by atoms with Crippen molar-refractivity contribution in [1.29, 1.82) is 0 Å². The van der Waals surface area contributed by atoms with Gasteiger partial charge in [-0.05, 0) is 50.6 Å². The summed E-state index contributed by atoms with van der Waals surface area (Å²) in [6.07, 6.45) is 0.825. The van der Waals surface area contributed by atoms with Crippen LogP contribution in [0, 0.1) is 25.5 Å². The molecule has 0 bridgehead atoms. The number of thioether (sulfide) groups is 1. The molecule has 9 heteroatoms. The SMILES string of the molecule is COCCCn1c(C)cc(C(=O)CSc2nc3ccccc3c(=O)n2-c2ccc(F)cc2F)c1C. The van der Waals surface area contributed by atoms with Gasteiger partial charge in [0.1, 0.15) is 11.6 Å². The summed E-state index contributed by atoms with van der Waals surface area (Å²) < 4.78 is 36.5. The number of aromatic nitrogens is 3. The Hall–Kier alpha value is -3.30. The van der Waals surface area contributed by atoms with Crippen LogP contribution in [0.1, 0.15) is 28.2 Å². The van der Waals surface area contributed by atoms with Crippen LogP contribution in [0.15, 0.2) is 58.5 Å². The van der Waals surface area contributed by atoms with Crippen molar-refractivity contribution in [3.63, 3.8) is 0 Å². The molecule has 182 valence electrons. The molecule has 0 aliphatic rings. The van der Waals surface area contributed by atoms with E-state index in [9.17, 15) is 18.4 Å². The summed E-state index contributed by atoms with van der Waals surface area (Å²) in [5, 5.41) is 0.452. The van der Waals surface area contributed by atoms with E-state index in [2.05, 4.69) is 9.55 Å². The third kappa shape index (κ3) is 5.06. The number of halogens is 2. The molecule has 4 rings (SSSR count). The number of carbonyl (C=O) groups excluding carboxylic acids is 1. The number of hydrogen-bond acceptors (Lipinski definition) is 5. The molecule has 0 aliphatic heterocycles. The molecule has 2 aromatic carbocycles. The van der Waals surface area contributed by atoms with Gasteiger partial charge in [0.25, 0.3) is 5.56 Å². The minimum absolute atomic E-state index is 0.00401. The molecule has 0 aliphatic carbocycles. The predicted octanol–water partition coefficient (Wildman–Crippen LogP) is 5.09. The summed E-state index contributed by atoms with van der Waals surface area (Å²) in [7, 11) is 1.65. The molecule has 0 saturated heterocycles. The summed E-state index contributed by atoms with van der Waals surface area (Å²) in [6, 6.07) is 11.6. The Balaban J connectivity index is 1.69. The average molecular weight is 498 g/mol. The van der Waals surface area contributed by atoms with Crippen LogP contribution in [-0.4, -0.2) is 39.4 Å². The fourth-order valence-electron chi connectivity index (χ4n) is 4.09. The highest BCUT2D eigenvalue weighted by atomic mass is 32.2. The van der Waals surface area contributed by atoms with Crippen LogP contribution in [0.5, 0.6) is 0 Å². The number of benzene rings is 2. The third-order valence-electron chi connectivity index (χ3n) is 5.83. The van der Waals surface area contributed by atoms with Crippen LogP contribution in [0.4, 0.5) is 8.78 Å². The van der Waals surface area contributed by atoms with E-state index in [4.69, 9.17) is 4.74 Å². The number of fused-ring (bicyclic) bond motifs is 1. The van der Waals surface area contributed by atoms with Crippen LogP contribution in [0.25, 0.3) is 16.6 Å². The second-order valence-corrected chi connectivity index (χ2v) is 9.08. The minimum atomic E-state index is -0.892. The number of nitrogens with zero attached hydrogens (tertiary/aromatic N) is 3. The monoisotopic (exact) mass is 497 g/mol. The first kappa shape index (κ1) is 24.8. The fourth-order valence-corrected chi connectivity index (χ4v) is 4.98. The van der Waals surface area contributed by atoms with Crippen molar-refractivity contribution < 1.29 is 18.3 Å². The first-order chi connectivity index (χ1) is 16.8. The smallest absolute Gasteiger partial charge is 0.266 e. The van der Waals surface area contributed by atoms with Gasteiger partial charge in [0.15, 0.2) is 10.9 Å². The van der Waals surface area contributed by atoms with E-state index in [1.165, 1.54) is 6.07 Å². The predicted molar refractivity (Wildman–Crippen MR) is 133 cm³/mol. The van der Waals surface area contributed by atoms with Gasteiger partial charge in [-0.2, -0.15) is 0 Å². The lowest BCUT2D eigenvalue weighted by molar-refractivity contribution is 0.102. The molecular weight excluding hydrogens is 472 g/mol. The average Bonchev–Trinajstić information content (AvgIpc) is 3.12. The van der Waals surface area contributed by atoms with E-state index < -0.39 is 17.2 Å². The van der Waals surface area contributed by atoms with E-state index in [0.29, 0.717) is 23.1 Å². The summed E-state index contributed by atoms with van der Waals surface area (Å²) in [6.45, 7) is 5.21. The van der Waals surface area contributed by atoms with Crippen molar-refractivity contribution in [3.8, 4) is 5.69 Å². The normalized spacial score (nSPS) is 11.3. The lowest BCUT2D eigenvalue weighted by atomic mass is 10.2. The number of ketones is 1. The molecule has 35 heavy (non-hydrogen) atoms. The van der Waals surface area contributed by atoms with Crippen molar-refractivity contribution in [1.82, 2.24) is 14.1 Å². The van der Waals surface area contributed by atoms with Gasteiger partial charge in [-0.15, -0.1) is 0 Å². The Kier molecular flexibility index (Phi) is 7.47. The highest BCUT2D eigenvalue weighted by Crippen LogP contribution is 2.25. The highest BCUT2D eigenvalue weighted by Gasteiger charge is 2.20. The standard InChI is InChI=1S/C26H25F2N3O3S/c1-16-13-20(17(2)30(16)11-6-12-34-3)24(32)15-35-26-29-22-8-5-4-7-19(22)25(33)31(26)23-10-9-18(27)14-21(23)28/h4-5,7-10,13-14H,6,11-12,15H2,1-3H3. The van der Waals surface area contributed by atoms with Crippen molar-refractivity contribution in [3.05, 3.63) is 87.5 Å². The first-order valence-electron chi connectivity index (χ1n) is 11.1. The van der Waals surface area contributed by atoms with Gasteiger partial charge >= 0.3 is 0 Å². The molecule has 0 saturated carbocycles. The summed E-state index contributed by atoms with van der Waals surface area (Å²) in [5.41, 5.74) is 2.24. The van der Waals surface area contributed by atoms with Gasteiger partial charge in [0, 0.05) is 43.3 Å². The van der Waals surface area contributed by atoms with Crippen molar-refractivity contribution in [2.75, 3.05) is 19.5 Å². The zero-order valence-corrected chi connectivity index (χ0v) is 20.5. The van der Waals surface area contributed by atoms with Crippen molar-refractivity contribution >= 4 is 28.4 Å². The van der Waals surface area contributed by atoms with Gasteiger partial charge in [-0.3, -0.25) is 14.2 Å². The molecule has 0 radical (unpaired) electrons. The molecule has 4 aromatic rings. The molecule has 0 amide bonds. The third-order valence-corrected chi connectivity index (χ3v) is 6.77. The lowest BCUT2D eigenvalue weighted by Crippen LogP contribution is -2.23. The van der Waals surface area contributed by atoms with Crippen LogP contribution >= 0.6 is 11.8 Å². The summed E-state index contributed by atoms with van der Waals surface area (Å²) >= 11 is 1.04. The maximum Gasteiger partial charge on any atom is 0.266 e. The number of rotatable bonds is 9. The Morgan fingerprint density at radius 1 is 1.11 bits per heavy atom. The highest BCUT2D eigenvalue weighted by molar-refractivity contribution is 7.99. The quantitative estimate of drug-likeness (QED) is 0.139. The number of Topliss-reactive ketones (excluding diaryl/α,β-unsaturated/α-hetero) is 1. The second-order valence-electron chi connectivity index (χ2n) is 8.14. The first-order valence-corrected chi connectivity index (χ1v) is 12.1. The van der Waals surface area contributed by atoms with Crippen molar-refractivity contribution in [2.24, 2.45) is 0 Å². The Bertz CT molecular complexity index is 1460. The van der Waals surface area contributed by atoms with Crippen LogP contribution in [-0.2, 0) is 11.3 Å². The van der Waals surface area contributed by atoms with Gasteiger partial charge in [0.05, 0.1) is 22.3 Å². The maximum absolute atomic E-state index is 14.7. The van der Waals surface area contributed by atoms with E-state index in [1.807, 2.05) is 19.9 Å². The number of methoxy groups -OCH3 is 1. The Morgan fingerprint density at radius 3 is 2.63 bits per heavy atom. The molecule has 2 heterocycles. The molecule has 2 aromatic heterocycles. The van der Waals surface area contributed by atoms with Crippen LogP contribution in [0.2, 0.25) is 0 Å². The lowest BCUT2D eigenvalue weighted by Gasteiger charge is -2.14. The Morgan fingerprint density at radius 2 is 1.89 bits per heavy atom. The van der Waals surface area contributed by atoms with Gasteiger partial charge in [-0.25, -0.2) is 13.8 Å². The topological polar surface area (TPSA) is 66.1 Å². The molecular formula is C26H25F2N3O3S. The van der Waals surface area contributed by atoms with E-state index in [0.717, 1.165) is 52.8 Å². The second kappa shape index (κ2) is 10.5. The number of carbonyl (C=O) groups is 1. The molecule has 0 N–H and O–H groups in total. The van der Waals surface area contributed by atoms with Crippen LogP contribution in [0.3, 0.4) is 0 Å². The summed E-state index contributed by atoms with van der Waals surface area (Å²) in [4.78, 5) is 31.0. The Labute approximate surface area is 205 Å². The molecule has 0 fully saturated rings. The van der Waals surface area contributed by atoms with E-state index in [1.54, 1.807) is 31.4 Å². The van der Waals surface area contributed by atoms with Crippen LogP contribution < -0.4 is 5.56 Å². The number of ether oxygens (including phenoxy) is 1. The number of aryl methyl sites for hydroxylation is 1. The molecule has 0 unspecified atom stereocenters. The van der Waals surface area contributed by atoms with Gasteiger partial charge < -0.3 is 9.30 Å². The number of para-hydroxylation sites is 1. The fraction of sp³-hybridized carbons (Fsp3) is 0.269.